The Hall–Kier alpha value is -1.02. The van der Waals surface area contributed by atoms with Gasteiger partial charge in [-0.15, -0.1) is 0 Å². The van der Waals surface area contributed by atoms with Crippen molar-refractivity contribution in [1.29, 1.82) is 0 Å². The topological polar surface area (TPSA) is 21.3 Å². The van der Waals surface area contributed by atoms with E-state index in [1.165, 1.54) is 31.2 Å². The average molecular weight is 247 g/mol. The van der Waals surface area contributed by atoms with Gasteiger partial charge in [0.1, 0.15) is 5.75 Å². The normalized spacial score (nSPS) is 18.2. The minimum atomic E-state index is 0.394. The van der Waals surface area contributed by atoms with Gasteiger partial charge in [0.25, 0.3) is 0 Å². The lowest BCUT2D eigenvalue weighted by Gasteiger charge is -2.18. The lowest BCUT2D eigenvalue weighted by molar-refractivity contribution is 0.210. The first-order valence-corrected chi connectivity index (χ1v) is 7.18. The van der Waals surface area contributed by atoms with Crippen LogP contribution in [0.5, 0.6) is 5.75 Å². The molecular formula is C16H25NO. The van der Waals surface area contributed by atoms with E-state index in [1.807, 2.05) is 0 Å². The van der Waals surface area contributed by atoms with Gasteiger partial charge >= 0.3 is 0 Å². The molecule has 100 valence electrons. The first-order valence-electron chi connectivity index (χ1n) is 7.18. The van der Waals surface area contributed by atoms with E-state index < -0.39 is 0 Å². The van der Waals surface area contributed by atoms with Gasteiger partial charge in [-0.25, -0.2) is 0 Å². The molecule has 2 heteroatoms. The van der Waals surface area contributed by atoms with Crippen molar-refractivity contribution >= 4 is 0 Å². The van der Waals surface area contributed by atoms with Crippen LogP contribution in [0.3, 0.4) is 0 Å². The van der Waals surface area contributed by atoms with E-state index in [2.05, 4.69) is 50.4 Å². The van der Waals surface area contributed by atoms with Gasteiger partial charge in [-0.05, 0) is 50.3 Å². The van der Waals surface area contributed by atoms with Crippen LogP contribution in [0, 0.1) is 0 Å². The monoisotopic (exact) mass is 247 g/mol. The van der Waals surface area contributed by atoms with E-state index in [0.29, 0.717) is 18.2 Å². The molecule has 0 radical (unpaired) electrons. The highest BCUT2D eigenvalue weighted by atomic mass is 16.5. The summed E-state index contributed by atoms with van der Waals surface area (Å²) in [6.07, 6.45) is 5.51. The quantitative estimate of drug-likeness (QED) is 0.847. The number of ether oxygens (including phenoxy) is 1. The summed E-state index contributed by atoms with van der Waals surface area (Å²) in [5, 5.41) is 3.51. The van der Waals surface area contributed by atoms with Crippen molar-refractivity contribution in [3.63, 3.8) is 0 Å². The molecule has 1 aliphatic rings. The molecule has 1 aliphatic carbocycles. The third-order valence-electron chi connectivity index (χ3n) is 3.57. The highest BCUT2D eigenvalue weighted by Gasteiger charge is 2.16. The van der Waals surface area contributed by atoms with Crippen molar-refractivity contribution in [1.82, 2.24) is 5.32 Å². The Morgan fingerprint density at radius 2 is 1.67 bits per heavy atom. The molecule has 0 saturated heterocycles. The van der Waals surface area contributed by atoms with Crippen LogP contribution in [0.4, 0.5) is 0 Å². The zero-order valence-electron chi connectivity index (χ0n) is 11.8. The first-order chi connectivity index (χ1) is 8.65. The van der Waals surface area contributed by atoms with Gasteiger partial charge in [0.15, 0.2) is 0 Å². The summed E-state index contributed by atoms with van der Waals surface area (Å²) in [7, 11) is 0. The van der Waals surface area contributed by atoms with Crippen LogP contribution in [0.25, 0.3) is 0 Å². The minimum Gasteiger partial charge on any atom is -0.490 e. The lowest BCUT2D eigenvalue weighted by Crippen LogP contribution is -2.25. The summed E-state index contributed by atoms with van der Waals surface area (Å²) in [6.45, 7) is 6.55. The van der Waals surface area contributed by atoms with Crippen LogP contribution >= 0.6 is 0 Å². The lowest BCUT2D eigenvalue weighted by atomic mass is 10.1. The van der Waals surface area contributed by atoms with Crippen molar-refractivity contribution in [2.45, 2.75) is 64.6 Å². The molecule has 0 unspecified atom stereocenters. The molecule has 0 aliphatic heterocycles. The fourth-order valence-corrected chi connectivity index (χ4v) is 2.63. The van der Waals surface area contributed by atoms with Crippen molar-refractivity contribution in [3.05, 3.63) is 29.8 Å². The maximum absolute atomic E-state index is 5.97. The molecule has 2 nitrogen and oxygen atoms in total. The zero-order chi connectivity index (χ0) is 13.0. The van der Waals surface area contributed by atoms with Gasteiger partial charge in [0.05, 0.1) is 6.10 Å². The summed E-state index contributed by atoms with van der Waals surface area (Å²) in [5.41, 5.74) is 1.32. The number of rotatable bonds is 5. The first kappa shape index (κ1) is 13.4. The van der Waals surface area contributed by atoms with Crippen LogP contribution in [0.2, 0.25) is 0 Å². The van der Waals surface area contributed by atoms with Gasteiger partial charge < -0.3 is 10.1 Å². The number of nitrogens with one attached hydrogen (secondary N) is 1. The Morgan fingerprint density at radius 1 is 1.06 bits per heavy atom. The molecule has 0 bridgehead atoms. The van der Waals surface area contributed by atoms with E-state index >= 15 is 0 Å². The molecule has 1 N–H and O–H groups in total. The summed E-state index contributed by atoms with van der Waals surface area (Å²) in [5.74, 6) is 1.02. The van der Waals surface area contributed by atoms with E-state index in [9.17, 15) is 0 Å². The average Bonchev–Trinajstić information content (AvgIpc) is 2.82. The number of hydrogen-bond donors (Lipinski definition) is 1. The third-order valence-corrected chi connectivity index (χ3v) is 3.57. The molecule has 1 atom stereocenters. The third kappa shape index (κ3) is 3.74. The predicted octanol–water partition coefficient (Wildman–Crippen LogP) is 4.07. The summed E-state index contributed by atoms with van der Waals surface area (Å²) >= 11 is 0. The molecule has 0 heterocycles. The molecule has 1 aromatic rings. The maximum atomic E-state index is 5.97. The van der Waals surface area contributed by atoms with Crippen LogP contribution in [-0.2, 0) is 0 Å². The van der Waals surface area contributed by atoms with Crippen LogP contribution in [0.1, 0.15) is 58.1 Å². The molecule has 18 heavy (non-hydrogen) atoms. The summed E-state index contributed by atoms with van der Waals surface area (Å²) in [4.78, 5) is 0. The number of benzene rings is 1. The molecule has 1 fully saturated rings. The Kier molecular flexibility index (Phi) is 4.65. The largest absolute Gasteiger partial charge is 0.490 e. The molecule has 0 aromatic heterocycles. The van der Waals surface area contributed by atoms with Crippen molar-refractivity contribution < 1.29 is 4.74 Å². The van der Waals surface area contributed by atoms with E-state index in [0.717, 1.165) is 5.75 Å². The maximum Gasteiger partial charge on any atom is 0.119 e. The predicted molar refractivity (Wildman–Crippen MR) is 76.0 cm³/mol. The second-order valence-corrected chi connectivity index (χ2v) is 5.64. The molecule has 0 amide bonds. The highest BCUT2D eigenvalue weighted by Crippen LogP contribution is 2.25. The van der Waals surface area contributed by atoms with Crippen LogP contribution < -0.4 is 10.1 Å². The van der Waals surface area contributed by atoms with Gasteiger partial charge in [-0.2, -0.15) is 0 Å². The fourth-order valence-electron chi connectivity index (χ4n) is 2.63. The van der Waals surface area contributed by atoms with Gasteiger partial charge in [0.2, 0.25) is 0 Å². The Morgan fingerprint density at radius 3 is 2.22 bits per heavy atom. The standard InChI is InChI=1S/C16H25NO/c1-12(2)17-13(3)14-8-10-16(11-9-14)18-15-6-4-5-7-15/h8-13,15,17H,4-7H2,1-3H3/t13-/m1/s1. The summed E-state index contributed by atoms with van der Waals surface area (Å²) < 4.78 is 5.97. The van der Waals surface area contributed by atoms with Gasteiger partial charge in [-0.3, -0.25) is 0 Å². The van der Waals surface area contributed by atoms with E-state index in [4.69, 9.17) is 4.74 Å². The van der Waals surface area contributed by atoms with E-state index in [1.54, 1.807) is 0 Å². The minimum absolute atomic E-state index is 0.394. The van der Waals surface area contributed by atoms with Gasteiger partial charge in [-0.1, -0.05) is 26.0 Å². The Bertz CT molecular complexity index is 352. The van der Waals surface area contributed by atoms with E-state index in [-0.39, 0.29) is 0 Å². The molecular weight excluding hydrogens is 222 g/mol. The Balaban J connectivity index is 1.92. The second kappa shape index (κ2) is 6.24. The Labute approximate surface area is 111 Å². The van der Waals surface area contributed by atoms with Crippen molar-refractivity contribution in [3.8, 4) is 5.75 Å². The highest BCUT2D eigenvalue weighted by molar-refractivity contribution is 5.29. The molecule has 2 rings (SSSR count). The van der Waals surface area contributed by atoms with Crippen molar-refractivity contribution in [2.24, 2.45) is 0 Å². The smallest absolute Gasteiger partial charge is 0.119 e. The van der Waals surface area contributed by atoms with Gasteiger partial charge in [0, 0.05) is 12.1 Å². The molecule has 0 spiro atoms. The molecule has 1 aromatic carbocycles. The second-order valence-electron chi connectivity index (χ2n) is 5.64. The van der Waals surface area contributed by atoms with Crippen LogP contribution in [-0.4, -0.2) is 12.1 Å². The van der Waals surface area contributed by atoms with Crippen LogP contribution in [0.15, 0.2) is 24.3 Å². The molecule has 1 saturated carbocycles. The zero-order valence-corrected chi connectivity index (χ0v) is 11.8. The SMILES string of the molecule is CC(C)N[C@H](C)c1ccc(OC2CCCC2)cc1. The fraction of sp³-hybridized carbons (Fsp3) is 0.625. The number of hydrogen-bond acceptors (Lipinski definition) is 2. The van der Waals surface area contributed by atoms with Crippen molar-refractivity contribution in [2.75, 3.05) is 0 Å². The summed E-state index contributed by atoms with van der Waals surface area (Å²) in [6, 6.07) is 9.45.